The quantitative estimate of drug-likeness (QED) is 0.765. The van der Waals surface area contributed by atoms with Gasteiger partial charge in [0.25, 0.3) is 0 Å². The molecule has 0 aliphatic rings. The van der Waals surface area contributed by atoms with Crippen LogP contribution in [-0.4, -0.2) is 4.98 Å². The van der Waals surface area contributed by atoms with Crippen LogP contribution in [0.5, 0.6) is 0 Å². The number of rotatable bonds is 4. The van der Waals surface area contributed by atoms with Crippen LogP contribution in [0.2, 0.25) is 10.3 Å². The number of anilines is 1. The summed E-state index contributed by atoms with van der Waals surface area (Å²) in [5, 5.41) is 4.00. The van der Waals surface area contributed by atoms with Crippen LogP contribution in [0.15, 0.2) is 30.3 Å². The van der Waals surface area contributed by atoms with Crippen molar-refractivity contribution in [2.75, 3.05) is 5.32 Å². The van der Waals surface area contributed by atoms with Gasteiger partial charge in [-0.1, -0.05) is 42.3 Å². The first kappa shape index (κ1) is 15.1. The van der Waals surface area contributed by atoms with Crippen LogP contribution in [0.4, 0.5) is 10.1 Å². The minimum atomic E-state index is -0.250. The molecule has 0 aliphatic carbocycles. The number of aryl methyl sites for hydroxylation is 1. The van der Waals surface area contributed by atoms with E-state index in [1.807, 2.05) is 19.9 Å². The third kappa shape index (κ3) is 3.41. The molecule has 0 fully saturated rings. The molecule has 2 nitrogen and oxygen atoms in total. The summed E-state index contributed by atoms with van der Waals surface area (Å²) < 4.78 is 13.3. The van der Waals surface area contributed by atoms with Crippen LogP contribution in [-0.2, 0) is 0 Å². The fourth-order valence-electron chi connectivity index (χ4n) is 2.09. The number of hydrogen-bond acceptors (Lipinski definition) is 2. The van der Waals surface area contributed by atoms with Crippen LogP contribution >= 0.6 is 23.2 Å². The fourth-order valence-corrected chi connectivity index (χ4v) is 2.67. The number of halogens is 3. The van der Waals surface area contributed by atoms with E-state index in [4.69, 9.17) is 23.2 Å². The highest BCUT2D eigenvalue weighted by molar-refractivity contribution is 6.34. The zero-order valence-electron chi connectivity index (χ0n) is 11.3. The standard InChI is InChI=1S/C15H15Cl2FN2/c1-3-12(10-5-4-6-11(18)8-10)19-14-9(2)7-13(16)20-15(14)17/h4-8,12,19H,3H2,1-2H3. The predicted octanol–water partition coefficient (Wildman–Crippen LogP) is 5.40. The molecule has 1 aromatic heterocycles. The first-order chi connectivity index (χ1) is 9.51. The number of nitrogens with one attached hydrogen (secondary N) is 1. The SMILES string of the molecule is CCC(Nc1c(C)cc(Cl)nc1Cl)c1cccc(F)c1. The molecule has 5 heteroatoms. The van der Waals surface area contributed by atoms with E-state index in [9.17, 15) is 4.39 Å². The average molecular weight is 313 g/mol. The van der Waals surface area contributed by atoms with Crippen LogP contribution in [0.1, 0.15) is 30.5 Å². The van der Waals surface area contributed by atoms with Crippen molar-refractivity contribution < 1.29 is 4.39 Å². The van der Waals surface area contributed by atoms with E-state index in [1.165, 1.54) is 12.1 Å². The van der Waals surface area contributed by atoms with Gasteiger partial charge in [-0.25, -0.2) is 9.37 Å². The van der Waals surface area contributed by atoms with Gasteiger partial charge in [0.1, 0.15) is 11.0 Å². The second kappa shape index (κ2) is 6.42. The Morgan fingerprint density at radius 1 is 1.30 bits per heavy atom. The van der Waals surface area contributed by atoms with Crippen LogP contribution in [0.3, 0.4) is 0 Å². The summed E-state index contributed by atoms with van der Waals surface area (Å²) in [6.07, 6.45) is 0.794. The van der Waals surface area contributed by atoms with E-state index in [0.717, 1.165) is 23.2 Å². The third-order valence-electron chi connectivity index (χ3n) is 3.12. The summed E-state index contributed by atoms with van der Waals surface area (Å²) in [6.45, 7) is 3.93. The molecule has 0 radical (unpaired) electrons. The average Bonchev–Trinajstić information content (AvgIpc) is 2.38. The zero-order chi connectivity index (χ0) is 14.7. The molecular weight excluding hydrogens is 298 g/mol. The molecule has 0 saturated heterocycles. The van der Waals surface area contributed by atoms with Gasteiger partial charge in [-0.2, -0.15) is 0 Å². The van der Waals surface area contributed by atoms with Crippen molar-refractivity contribution in [3.63, 3.8) is 0 Å². The van der Waals surface area contributed by atoms with Crippen molar-refractivity contribution in [1.29, 1.82) is 0 Å². The van der Waals surface area contributed by atoms with Crippen LogP contribution in [0, 0.1) is 12.7 Å². The fraction of sp³-hybridized carbons (Fsp3) is 0.267. The number of hydrogen-bond donors (Lipinski definition) is 1. The molecule has 1 heterocycles. The van der Waals surface area contributed by atoms with E-state index in [2.05, 4.69) is 10.3 Å². The largest absolute Gasteiger partial charge is 0.376 e. The van der Waals surface area contributed by atoms with E-state index >= 15 is 0 Å². The van der Waals surface area contributed by atoms with E-state index in [-0.39, 0.29) is 11.9 Å². The molecular formula is C15H15Cl2FN2. The maximum absolute atomic E-state index is 13.3. The summed E-state index contributed by atoms with van der Waals surface area (Å²) in [5.41, 5.74) is 2.51. The molecule has 0 amide bonds. The molecule has 1 unspecified atom stereocenters. The number of benzene rings is 1. The molecule has 0 saturated carbocycles. The lowest BCUT2D eigenvalue weighted by atomic mass is 10.0. The van der Waals surface area contributed by atoms with E-state index in [1.54, 1.807) is 12.1 Å². The highest BCUT2D eigenvalue weighted by Crippen LogP contribution is 2.31. The third-order valence-corrected chi connectivity index (χ3v) is 3.59. The minimum absolute atomic E-state index is 0.0372. The molecule has 1 N–H and O–H groups in total. The van der Waals surface area contributed by atoms with Crippen molar-refractivity contribution in [3.8, 4) is 0 Å². The lowest BCUT2D eigenvalue weighted by Crippen LogP contribution is -2.11. The molecule has 1 atom stereocenters. The monoisotopic (exact) mass is 312 g/mol. The predicted molar refractivity (Wildman–Crippen MR) is 82.0 cm³/mol. The van der Waals surface area contributed by atoms with Gasteiger partial charge in [0, 0.05) is 0 Å². The van der Waals surface area contributed by atoms with Crippen LogP contribution < -0.4 is 5.32 Å². The van der Waals surface area contributed by atoms with Gasteiger partial charge in [-0.15, -0.1) is 0 Å². The highest BCUT2D eigenvalue weighted by Gasteiger charge is 2.14. The second-order valence-electron chi connectivity index (χ2n) is 4.59. The van der Waals surface area contributed by atoms with E-state index in [0.29, 0.717) is 10.3 Å². The Kier molecular flexibility index (Phi) is 4.84. The Balaban J connectivity index is 2.32. The maximum atomic E-state index is 13.3. The first-order valence-electron chi connectivity index (χ1n) is 6.36. The van der Waals surface area contributed by atoms with Crippen molar-refractivity contribution in [1.82, 2.24) is 4.98 Å². The summed E-state index contributed by atoms with van der Waals surface area (Å²) in [7, 11) is 0. The van der Waals surface area contributed by atoms with Crippen molar-refractivity contribution in [2.45, 2.75) is 26.3 Å². The molecule has 0 aliphatic heterocycles. The van der Waals surface area contributed by atoms with Gasteiger partial charge in [0.2, 0.25) is 0 Å². The van der Waals surface area contributed by atoms with Gasteiger partial charge < -0.3 is 5.32 Å². The first-order valence-corrected chi connectivity index (χ1v) is 7.11. The summed E-state index contributed by atoms with van der Waals surface area (Å²) in [4.78, 5) is 4.03. The summed E-state index contributed by atoms with van der Waals surface area (Å²) in [5.74, 6) is -0.250. The minimum Gasteiger partial charge on any atom is -0.376 e. The lowest BCUT2D eigenvalue weighted by molar-refractivity contribution is 0.620. The van der Waals surface area contributed by atoms with Crippen LogP contribution in [0.25, 0.3) is 0 Å². The second-order valence-corrected chi connectivity index (χ2v) is 5.33. The van der Waals surface area contributed by atoms with Gasteiger partial charge in [0.05, 0.1) is 11.7 Å². The Hall–Kier alpha value is -1.32. The van der Waals surface area contributed by atoms with Crippen molar-refractivity contribution in [2.24, 2.45) is 0 Å². The zero-order valence-corrected chi connectivity index (χ0v) is 12.8. The Morgan fingerprint density at radius 3 is 2.65 bits per heavy atom. The van der Waals surface area contributed by atoms with E-state index < -0.39 is 0 Å². The van der Waals surface area contributed by atoms with Gasteiger partial charge in [0.15, 0.2) is 5.15 Å². The molecule has 0 spiro atoms. The number of aromatic nitrogens is 1. The highest BCUT2D eigenvalue weighted by atomic mass is 35.5. The lowest BCUT2D eigenvalue weighted by Gasteiger charge is -2.21. The number of pyridine rings is 1. The van der Waals surface area contributed by atoms with Crippen molar-refractivity contribution >= 4 is 28.9 Å². The summed E-state index contributed by atoms with van der Waals surface area (Å²) in [6, 6.07) is 8.24. The molecule has 1 aromatic carbocycles. The molecule has 0 bridgehead atoms. The smallest absolute Gasteiger partial charge is 0.154 e. The van der Waals surface area contributed by atoms with Gasteiger partial charge >= 0.3 is 0 Å². The molecule has 2 aromatic rings. The normalized spacial score (nSPS) is 12.2. The van der Waals surface area contributed by atoms with Crippen molar-refractivity contribution in [3.05, 3.63) is 57.6 Å². The number of nitrogens with zero attached hydrogens (tertiary/aromatic N) is 1. The summed E-state index contributed by atoms with van der Waals surface area (Å²) >= 11 is 12.0. The topological polar surface area (TPSA) is 24.9 Å². The maximum Gasteiger partial charge on any atom is 0.154 e. The van der Waals surface area contributed by atoms with Gasteiger partial charge in [-0.05, 0) is 42.7 Å². The van der Waals surface area contributed by atoms with Gasteiger partial charge in [-0.3, -0.25) is 0 Å². The Morgan fingerprint density at radius 2 is 2.05 bits per heavy atom. The Labute approximate surface area is 127 Å². The molecule has 106 valence electrons. The molecule has 20 heavy (non-hydrogen) atoms. The molecule has 2 rings (SSSR count). The Bertz CT molecular complexity index is 594.